The van der Waals surface area contributed by atoms with Crippen molar-refractivity contribution in [3.05, 3.63) is 35.9 Å². The van der Waals surface area contributed by atoms with Gasteiger partial charge in [-0.05, 0) is 31.7 Å². The summed E-state index contributed by atoms with van der Waals surface area (Å²) in [6, 6.07) is 10.0. The molecule has 1 aromatic rings. The lowest BCUT2D eigenvalue weighted by atomic mass is 9.97. The topological polar surface area (TPSA) is 46.6 Å². The predicted octanol–water partition coefficient (Wildman–Crippen LogP) is 2.42. The molecule has 21 heavy (non-hydrogen) atoms. The van der Waals surface area contributed by atoms with Gasteiger partial charge in [-0.3, -0.25) is 9.59 Å². The average Bonchev–Trinajstić information content (AvgIpc) is 2.54. The molecular weight excluding hydrogens is 266 g/mol. The number of nitrogens with zero attached hydrogens (tertiary/aromatic N) is 1. The summed E-state index contributed by atoms with van der Waals surface area (Å²) in [5, 5.41) is 0. The van der Waals surface area contributed by atoms with E-state index < -0.39 is 0 Å². The van der Waals surface area contributed by atoms with Gasteiger partial charge < -0.3 is 9.64 Å². The van der Waals surface area contributed by atoms with E-state index in [1.165, 1.54) is 5.56 Å². The first-order valence-corrected chi connectivity index (χ1v) is 7.69. The van der Waals surface area contributed by atoms with Crippen molar-refractivity contribution >= 4 is 11.9 Å². The highest BCUT2D eigenvalue weighted by molar-refractivity contribution is 5.78. The molecule has 0 N–H and O–H groups in total. The van der Waals surface area contributed by atoms with E-state index in [1.54, 1.807) is 0 Å². The molecule has 0 unspecified atom stereocenters. The van der Waals surface area contributed by atoms with Crippen molar-refractivity contribution in [2.24, 2.45) is 5.92 Å². The van der Waals surface area contributed by atoms with E-state index >= 15 is 0 Å². The summed E-state index contributed by atoms with van der Waals surface area (Å²) in [5.74, 6) is -0.190. The second-order valence-corrected chi connectivity index (χ2v) is 5.42. The number of ether oxygens (including phenoxy) is 1. The number of rotatable bonds is 5. The second-order valence-electron chi connectivity index (χ2n) is 5.42. The van der Waals surface area contributed by atoms with Crippen molar-refractivity contribution in [1.82, 2.24) is 4.90 Å². The number of esters is 1. The van der Waals surface area contributed by atoms with Crippen molar-refractivity contribution in [3.8, 4) is 0 Å². The molecule has 1 aliphatic rings. The summed E-state index contributed by atoms with van der Waals surface area (Å²) >= 11 is 0. The first kappa shape index (κ1) is 15.5. The van der Waals surface area contributed by atoms with Gasteiger partial charge >= 0.3 is 5.97 Å². The van der Waals surface area contributed by atoms with Gasteiger partial charge in [0.25, 0.3) is 0 Å². The maximum absolute atomic E-state index is 12.3. The minimum absolute atomic E-state index is 0.132. The van der Waals surface area contributed by atoms with Crippen molar-refractivity contribution < 1.29 is 14.3 Å². The SMILES string of the molecule is CCOC(=O)[C@H]1CCCN(C(=O)CCc2ccccc2)C1. The first-order valence-electron chi connectivity index (χ1n) is 7.69. The molecule has 0 spiro atoms. The molecule has 0 aromatic heterocycles. The number of amides is 1. The summed E-state index contributed by atoms with van der Waals surface area (Å²) in [6.07, 6.45) is 2.95. The maximum atomic E-state index is 12.3. The van der Waals surface area contributed by atoms with Gasteiger partial charge in [0.2, 0.25) is 5.91 Å². The predicted molar refractivity (Wildman–Crippen MR) is 80.7 cm³/mol. The summed E-state index contributed by atoms with van der Waals surface area (Å²) in [4.78, 5) is 25.9. The van der Waals surface area contributed by atoms with Gasteiger partial charge in [-0.15, -0.1) is 0 Å². The lowest BCUT2D eigenvalue weighted by molar-refractivity contribution is -0.151. The third-order valence-electron chi connectivity index (χ3n) is 3.86. The largest absolute Gasteiger partial charge is 0.466 e. The van der Waals surface area contributed by atoms with Crippen LogP contribution in [-0.2, 0) is 20.7 Å². The lowest BCUT2D eigenvalue weighted by Crippen LogP contribution is -2.42. The van der Waals surface area contributed by atoms with Crippen LogP contribution in [0.2, 0.25) is 0 Å². The molecule has 1 amide bonds. The molecule has 1 atom stereocenters. The standard InChI is InChI=1S/C17H23NO3/c1-2-21-17(20)15-9-6-12-18(13-15)16(19)11-10-14-7-4-3-5-8-14/h3-5,7-8,15H,2,6,9-13H2,1H3/t15-/m0/s1. The molecule has 4 heteroatoms. The fourth-order valence-corrected chi connectivity index (χ4v) is 2.71. The van der Waals surface area contributed by atoms with Crippen LogP contribution in [0, 0.1) is 5.92 Å². The van der Waals surface area contributed by atoms with E-state index in [1.807, 2.05) is 42.2 Å². The molecule has 0 saturated carbocycles. The third-order valence-corrected chi connectivity index (χ3v) is 3.86. The summed E-state index contributed by atoms with van der Waals surface area (Å²) in [6.45, 7) is 3.47. The Labute approximate surface area is 126 Å². The number of carbonyl (C=O) groups excluding carboxylic acids is 2. The fraction of sp³-hybridized carbons (Fsp3) is 0.529. The lowest BCUT2D eigenvalue weighted by Gasteiger charge is -2.31. The fourth-order valence-electron chi connectivity index (χ4n) is 2.71. The Hall–Kier alpha value is -1.84. The van der Waals surface area contributed by atoms with Crippen LogP contribution in [0.4, 0.5) is 0 Å². The summed E-state index contributed by atoms with van der Waals surface area (Å²) < 4.78 is 5.06. The van der Waals surface area contributed by atoms with Gasteiger partial charge in [-0.1, -0.05) is 30.3 Å². The number of likely N-dealkylation sites (tertiary alicyclic amines) is 1. The minimum Gasteiger partial charge on any atom is -0.466 e. The van der Waals surface area contributed by atoms with E-state index in [2.05, 4.69) is 0 Å². The van der Waals surface area contributed by atoms with Gasteiger partial charge in [-0.2, -0.15) is 0 Å². The highest BCUT2D eigenvalue weighted by Gasteiger charge is 2.28. The van der Waals surface area contributed by atoms with E-state index in [0.717, 1.165) is 25.8 Å². The van der Waals surface area contributed by atoms with E-state index in [9.17, 15) is 9.59 Å². The zero-order valence-electron chi connectivity index (χ0n) is 12.6. The number of benzene rings is 1. The third kappa shape index (κ3) is 4.59. The molecular formula is C17H23NO3. The van der Waals surface area contributed by atoms with Crippen LogP contribution in [0.1, 0.15) is 31.7 Å². The molecule has 1 aliphatic heterocycles. The number of carbonyl (C=O) groups is 2. The Kier molecular flexibility index (Phi) is 5.78. The average molecular weight is 289 g/mol. The zero-order chi connectivity index (χ0) is 15.1. The highest BCUT2D eigenvalue weighted by atomic mass is 16.5. The molecule has 1 saturated heterocycles. The number of aryl methyl sites for hydroxylation is 1. The monoisotopic (exact) mass is 289 g/mol. The number of hydrogen-bond acceptors (Lipinski definition) is 3. The molecule has 0 radical (unpaired) electrons. The van der Waals surface area contributed by atoms with Crippen LogP contribution in [0.3, 0.4) is 0 Å². The highest BCUT2D eigenvalue weighted by Crippen LogP contribution is 2.19. The van der Waals surface area contributed by atoms with Crippen LogP contribution in [0.15, 0.2) is 30.3 Å². The molecule has 0 bridgehead atoms. The van der Waals surface area contributed by atoms with E-state index in [0.29, 0.717) is 19.6 Å². The zero-order valence-corrected chi connectivity index (χ0v) is 12.6. The molecule has 114 valence electrons. The molecule has 1 fully saturated rings. The second kappa shape index (κ2) is 7.81. The van der Waals surface area contributed by atoms with Crippen LogP contribution >= 0.6 is 0 Å². The summed E-state index contributed by atoms with van der Waals surface area (Å²) in [7, 11) is 0. The van der Waals surface area contributed by atoms with Gasteiger partial charge in [0, 0.05) is 19.5 Å². The Morgan fingerprint density at radius 1 is 1.29 bits per heavy atom. The van der Waals surface area contributed by atoms with Crippen molar-refractivity contribution in [2.45, 2.75) is 32.6 Å². The maximum Gasteiger partial charge on any atom is 0.310 e. The normalized spacial score (nSPS) is 18.3. The Morgan fingerprint density at radius 3 is 2.76 bits per heavy atom. The van der Waals surface area contributed by atoms with Gasteiger partial charge in [-0.25, -0.2) is 0 Å². The van der Waals surface area contributed by atoms with Gasteiger partial charge in [0.1, 0.15) is 0 Å². The van der Waals surface area contributed by atoms with Crippen LogP contribution in [0.5, 0.6) is 0 Å². The molecule has 0 aliphatic carbocycles. The van der Waals surface area contributed by atoms with Crippen LogP contribution in [-0.4, -0.2) is 36.5 Å². The smallest absolute Gasteiger partial charge is 0.310 e. The van der Waals surface area contributed by atoms with Gasteiger partial charge in [0.15, 0.2) is 0 Å². The first-order chi connectivity index (χ1) is 10.2. The van der Waals surface area contributed by atoms with Crippen LogP contribution in [0.25, 0.3) is 0 Å². The summed E-state index contributed by atoms with van der Waals surface area (Å²) in [5.41, 5.74) is 1.17. The number of piperidine rings is 1. The minimum atomic E-state index is -0.168. The Balaban J connectivity index is 1.83. The van der Waals surface area contributed by atoms with Crippen molar-refractivity contribution in [3.63, 3.8) is 0 Å². The van der Waals surface area contributed by atoms with Crippen molar-refractivity contribution in [2.75, 3.05) is 19.7 Å². The van der Waals surface area contributed by atoms with Crippen molar-refractivity contribution in [1.29, 1.82) is 0 Å². The molecule has 4 nitrogen and oxygen atoms in total. The molecule has 2 rings (SSSR count). The molecule has 1 heterocycles. The number of hydrogen-bond donors (Lipinski definition) is 0. The molecule has 1 aromatic carbocycles. The van der Waals surface area contributed by atoms with Crippen LogP contribution < -0.4 is 0 Å². The van der Waals surface area contributed by atoms with E-state index in [-0.39, 0.29) is 17.8 Å². The Bertz CT molecular complexity index is 472. The Morgan fingerprint density at radius 2 is 2.05 bits per heavy atom. The van der Waals surface area contributed by atoms with Gasteiger partial charge in [0.05, 0.1) is 12.5 Å². The quantitative estimate of drug-likeness (QED) is 0.782. The van der Waals surface area contributed by atoms with E-state index in [4.69, 9.17) is 4.74 Å².